The molecule has 0 aliphatic heterocycles. The van der Waals surface area contributed by atoms with Crippen LogP contribution in [0.3, 0.4) is 0 Å². The molecule has 0 aromatic rings. The van der Waals surface area contributed by atoms with E-state index in [1.54, 1.807) is 13.8 Å². The predicted molar refractivity (Wildman–Crippen MR) is 43.4 cm³/mol. The Morgan fingerprint density at radius 1 is 1.20 bits per heavy atom. The Kier molecular flexibility index (Phi) is 7.95. The number of hydrogen-bond donors (Lipinski definition) is 2. The molecule has 0 aliphatic rings. The van der Waals surface area contributed by atoms with Gasteiger partial charge in [-0.1, -0.05) is 27.7 Å². The van der Waals surface area contributed by atoms with Crippen LogP contribution in [0.2, 0.25) is 0 Å². The topological polar surface area (TPSA) is 69.1 Å². The molecule has 3 nitrogen and oxygen atoms in total. The first-order valence-corrected chi connectivity index (χ1v) is 3.42. The summed E-state index contributed by atoms with van der Waals surface area (Å²) in [6.45, 7) is 7.42. The van der Waals surface area contributed by atoms with Crippen LogP contribution < -0.4 is 11.5 Å². The molecule has 0 spiro atoms. The number of primary amides is 1. The fraction of sp³-hybridized carbons (Fsp3) is 0.857. The molecule has 0 unspecified atom stereocenters. The summed E-state index contributed by atoms with van der Waals surface area (Å²) in [5, 5.41) is 0. The van der Waals surface area contributed by atoms with Crippen LogP contribution >= 0.6 is 0 Å². The number of carbonyl (C=O) groups excluding carboxylic acids is 1. The third-order valence-corrected chi connectivity index (χ3v) is 0.569. The largest absolute Gasteiger partial charge is 0.369 e. The van der Waals surface area contributed by atoms with Crippen molar-refractivity contribution < 1.29 is 4.79 Å². The first-order chi connectivity index (χ1) is 4.37. The lowest BCUT2D eigenvalue weighted by molar-refractivity contribution is -0.120. The standard InChI is InChI=1S/C4H9NO.C3H9N/c1-3(2)4(5)6;1-3(2)4/h3H,1-2H3,(H2,5,6);3H,4H2,1-2H3. The van der Waals surface area contributed by atoms with Crippen LogP contribution in [0, 0.1) is 5.92 Å². The third kappa shape index (κ3) is 26.1. The second kappa shape index (κ2) is 6.55. The molecule has 0 saturated heterocycles. The summed E-state index contributed by atoms with van der Waals surface area (Å²) in [5.74, 6) is -0.250. The van der Waals surface area contributed by atoms with Crippen molar-refractivity contribution in [2.75, 3.05) is 0 Å². The van der Waals surface area contributed by atoms with E-state index in [-0.39, 0.29) is 11.8 Å². The number of amides is 1. The smallest absolute Gasteiger partial charge is 0.219 e. The van der Waals surface area contributed by atoms with Crippen LogP contribution in [0.1, 0.15) is 27.7 Å². The molecule has 0 saturated carbocycles. The summed E-state index contributed by atoms with van der Waals surface area (Å²) < 4.78 is 0. The molecule has 0 bridgehead atoms. The molecule has 0 fully saturated rings. The Labute approximate surface area is 62.8 Å². The molecule has 0 rings (SSSR count). The van der Waals surface area contributed by atoms with Gasteiger partial charge in [0.25, 0.3) is 0 Å². The van der Waals surface area contributed by atoms with E-state index in [2.05, 4.69) is 0 Å². The first-order valence-electron chi connectivity index (χ1n) is 3.42. The predicted octanol–water partition coefficient (Wildman–Crippen LogP) is 0.481. The molecule has 0 atom stereocenters. The average molecular weight is 146 g/mol. The minimum Gasteiger partial charge on any atom is -0.369 e. The van der Waals surface area contributed by atoms with Gasteiger partial charge in [-0.2, -0.15) is 0 Å². The van der Waals surface area contributed by atoms with Crippen molar-refractivity contribution in [1.29, 1.82) is 0 Å². The zero-order valence-corrected chi connectivity index (χ0v) is 7.22. The van der Waals surface area contributed by atoms with Gasteiger partial charge in [0, 0.05) is 5.92 Å². The Bertz CT molecular complexity index is 86.9. The number of nitrogens with two attached hydrogens (primary N) is 2. The highest BCUT2D eigenvalue weighted by atomic mass is 16.1. The van der Waals surface area contributed by atoms with Crippen molar-refractivity contribution >= 4 is 5.91 Å². The van der Waals surface area contributed by atoms with Gasteiger partial charge in [-0.15, -0.1) is 0 Å². The molecule has 62 valence electrons. The van der Waals surface area contributed by atoms with Crippen molar-refractivity contribution in [2.24, 2.45) is 17.4 Å². The summed E-state index contributed by atoms with van der Waals surface area (Å²) in [7, 11) is 0. The fourth-order valence-electron chi connectivity index (χ4n) is 0. The highest BCUT2D eigenvalue weighted by Crippen LogP contribution is 1.84. The average Bonchev–Trinajstić information content (AvgIpc) is 1.63. The van der Waals surface area contributed by atoms with Crippen molar-refractivity contribution in [3.63, 3.8) is 0 Å². The van der Waals surface area contributed by atoms with E-state index >= 15 is 0 Å². The van der Waals surface area contributed by atoms with Crippen molar-refractivity contribution in [1.82, 2.24) is 0 Å². The van der Waals surface area contributed by atoms with E-state index < -0.39 is 0 Å². The van der Waals surface area contributed by atoms with E-state index in [1.807, 2.05) is 13.8 Å². The number of hydrogen-bond acceptors (Lipinski definition) is 2. The van der Waals surface area contributed by atoms with E-state index in [0.717, 1.165) is 0 Å². The lowest BCUT2D eigenvalue weighted by Gasteiger charge is -1.90. The Morgan fingerprint density at radius 3 is 1.30 bits per heavy atom. The summed E-state index contributed by atoms with van der Waals surface area (Å²) >= 11 is 0. The number of carbonyl (C=O) groups is 1. The van der Waals surface area contributed by atoms with Crippen molar-refractivity contribution in [2.45, 2.75) is 33.7 Å². The van der Waals surface area contributed by atoms with Crippen LogP contribution in [0.15, 0.2) is 0 Å². The summed E-state index contributed by atoms with van der Waals surface area (Å²) in [6.07, 6.45) is 0. The molecule has 0 aromatic carbocycles. The lowest BCUT2D eigenvalue weighted by atomic mass is 10.2. The van der Waals surface area contributed by atoms with Gasteiger partial charge in [0.2, 0.25) is 5.91 Å². The number of rotatable bonds is 1. The van der Waals surface area contributed by atoms with Gasteiger partial charge in [-0.3, -0.25) is 4.79 Å². The van der Waals surface area contributed by atoms with Gasteiger partial charge in [0.15, 0.2) is 0 Å². The molecule has 0 heterocycles. The van der Waals surface area contributed by atoms with Crippen LogP contribution in [-0.4, -0.2) is 11.9 Å². The minimum absolute atomic E-state index is 0.00926. The maximum Gasteiger partial charge on any atom is 0.219 e. The fourth-order valence-corrected chi connectivity index (χ4v) is 0. The summed E-state index contributed by atoms with van der Waals surface area (Å²) in [4.78, 5) is 9.92. The summed E-state index contributed by atoms with van der Waals surface area (Å²) in [6, 6.07) is 0.333. The van der Waals surface area contributed by atoms with Crippen molar-refractivity contribution in [3.8, 4) is 0 Å². The maximum absolute atomic E-state index is 9.92. The molecule has 10 heavy (non-hydrogen) atoms. The first kappa shape index (κ1) is 12.1. The minimum atomic E-state index is -0.241. The van der Waals surface area contributed by atoms with Gasteiger partial charge in [0.1, 0.15) is 0 Å². The third-order valence-electron chi connectivity index (χ3n) is 0.569. The highest BCUT2D eigenvalue weighted by Gasteiger charge is 1.96. The Balaban J connectivity index is 0. The van der Waals surface area contributed by atoms with Crippen LogP contribution in [0.4, 0.5) is 0 Å². The second-order valence-electron chi connectivity index (χ2n) is 2.80. The molecule has 0 aromatic heterocycles. The van der Waals surface area contributed by atoms with Gasteiger partial charge < -0.3 is 11.5 Å². The second-order valence-corrected chi connectivity index (χ2v) is 2.80. The zero-order chi connectivity index (χ0) is 8.73. The van der Waals surface area contributed by atoms with Gasteiger partial charge >= 0.3 is 0 Å². The molecule has 1 amide bonds. The van der Waals surface area contributed by atoms with Crippen molar-refractivity contribution in [3.05, 3.63) is 0 Å². The monoisotopic (exact) mass is 146 g/mol. The molecular formula is C7H18N2O. The quantitative estimate of drug-likeness (QED) is 0.565. The Morgan fingerprint density at radius 2 is 1.30 bits per heavy atom. The van der Waals surface area contributed by atoms with Crippen LogP contribution in [-0.2, 0) is 4.79 Å². The van der Waals surface area contributed by atoms with E-state index in [9.17, 15) is 4.79 Å². The van der Waals surface area contributed by atoms with E-state index in [4.69, 9.17) is 11.5 Å². The lowest BCUT2D eigenvalue weighted by Crippen LogP contribution is -2.17. The van der Waals surface area contributed by atoms with E-state index in [1.165, 1.54) is 0 Å². The van der Waals surface area contributed by atoms with Crippen LogP contribution in [0.25, 0.3) is 0 Å². The molecule has 0 radical (unpaired) electrons. The normalized spacial score (nSPS) is 9.10. The summed E-state index contributed by atoms with van der Waals surface area (Å²) in [5.41, 5.74) is 9.91. The molecule has 4 N–H and O–H groups in total. The maximum atomic E-state index is 9.92. The highest BCUT2D eigenvalue weighted by molar-refractivity contribution is 5.75. The molecular weight excluding hydrogens is 128 g/mol. The van der Waals surface area contributed by atoms with Gasteiger partial charge in [-0.25, -0.2) is 0 Å². The van der Waals surface area contributed by atoms with Crippen LogP contribution in [0.5, 0.6) is 0 Å². The molecule has 0 aliphatic carbocycles. The SMILES string of the molecule is CC(C)C(N)=O.CC(C)N. The Hall–Kier alpha value is -0.570. The van der Waals surface area contributed by atoms with Gasteiger partial charge in [-0.05, 0) is 6.04 Å². The van der Waals surface area contributed by atoms with Gasteiger partial charge in [0.05, 0.1) is 0 Å². The molecule has 3 heteroatoms. The zero-order valence-electron chi connectivity index (χ0n) is 7.22. The van der Waals surface area contributed by atoms with E-state index in [0.29, 0.717) is 6.04 Å².